The summed E-state index contributed by atoms with van der Waals surface area (Å²) in [6.07, 6.45) is 4.43. The quantitative estimate of drug-likeness (QED) is 0.695. The number of carbonyl (C=O) groups is 2. The fraction of sp³-hybridized carbons (Fsp3) is 0.263. The molecule has 0 bridgehead atoms. The van der Waals surface area contributed by atoms with Crippen LogP contribution in [0.25, 0.3) is 0 Å². The molecule has 0 fully saturated rings. The van der Waals surface area contributed by atoms with Gasteiger partial charge >= 0.3 is 5.97 Å². The molecule has 2 aromatic rings. The van der Waals surface area contributed by atoms with Crippen LogP contribution >= 0.6 is 0 Å². The molecular weight excluding hydrogens is 292 g/mol. The van der Waals surface area contributed by atoms with Crippen molar-refractivity contribution in [1.29, 1.82) is 0 Å². The lowest BCUT2D eigenvalue weighted by atomic mass is 9.90. The van der Waals surface area contributed by atoms with Gasteiger partial charge in [-0.05, 0) is 67.1 Å². The number of phenolic OH excluding ortho intramolecular Hbond substituents is 1. The van der Waals surface area contributed by atoms with E-state index in [1.165, 1.54) is 41.8 Å². The number of Topliss-reactive ketones (excluding diaryl/α,β-unsaturated/α-hetero) is 1. The van der Waals surface area contributed by atoms with Gasteiger partial charge in [-0.1, -0.05) is 12.1 Å². The zero-order valence-electron chi connectivity index (χ0n) is 12.7. The highest BCUT2D eigenvalue weighted by Crippen LogP contribution is 2.22. The van der Waals surface area contributed by atoms with Gasteiger partial charge in [-0.25, -0.2) is 4.79 Å². The highest BCUT2D eigenvalue weighted by Gasteiger charge is 2.15. The summed E-state index contributed by atoms with van der Waals surface area (Å²) in [5, 5.41) is 9.20. The normalized spacial score (nSPS) is 13.2. The first kappa shape index (κ1) is 15.3. The third-order valence-electron chi connectivity index (χ3n) is 4.11. The molecular formula is C19H18O4. The molecule has 0 saturated carbocycles. The van der Waals surface area contributed by atoms with Crippen molar-refractivity contribution in [2.24, 2.45) is 0 Å². The minimum absolute atomic E-state index is 0.0756. The van der Waals surface area contributed by atoms with Crippen LogP contribution < -0.4 is 0 Å². The molecule has 4 nitrogen and oxygen atoms in total. The van der Waals surface area contributed by atoms with Crippen LogP contribution in [0.2, 0.25) is 0 Å². The summed E-state index contributed by atoms with van der Waals surface area (Å²) >= 11 is 0. The van der Waals surface area contributed by atoms with E-state index in [1.807, 2.05) is 12.1 Å². The molecule has 23 heavy (non-hydrogen) atoms. The van der Waals surface area contributed by atoms with Crippen LogP contribution in [0.15, 0.2) is 42.5 Å². The number of benzene rings is 2. The molecule has 0 spiro atoms. The number of hydrogen-bond donors (Lipinski definition) is 1. The van der Waals surface area contributed by atoms with Crippen molar-refractivity contribution < 1.29 is 19.4 Å². The molecule has 0 amide bonds. The van der Waals surface area contributed by atoms with E-state index in [-0.39, 0.29) is 18.1 Å². The molecule has 0 aliphatic heterocycles. The molecule has 0 heterocycles. The number of ketones is 1. The van der Waals surface area contributed by atoms with Gasteiger partial charge < -0.3 is 9.84 Å². The molecule has 1 aliphatic carbocycles. The monoisotopic (exact) mass is 310 g/mol. The maximum atomic E-state index is 12.2. The smallest absolute Gasteiger partial charge is 0.338 e. The maximum Gasteiger partial charge on any atom is 0.338 e. The predicted molar refractivity (Wildman–Crippen MR) is 85.8 cm³/mol. The number of aryl methyl sites for hydroxylation is 2. The van der Waals surface area contributed by atoms with Gasteiger partial charge in [0.25, 0.3) is 0 Å². The van der Waals surface area contributed by atoms with Crippen molar-refractivity contribution in [2.45, 2.75) is 25.7 Å². The number of carbonyl (C=O) groups excluding carboxylic acids is 2. The second-order valence-corrected chi connectivity index (χ2v) is 5.74. The average molecular weight is 310 g/mol. The van der Waals surface area contributed by atoms with E-state index in [1.54, 1.807) is 6.07 Å². The molecule has 0 atom stereocenters. The first-order valence-corrected chi connectivity index (χ1v) is 7.74. The van der Waals surface area contributed by atoms with Gasteiger partial charge in [0.15, 0.2) is 12.4 Å². The summed E-state index contributed by atoms with van der Waals surface area (Å²) in [6, 6.07) is 11.5. The Morgan fingerprint density at radius 2 is 1.57 bits per heavy atom. The summed E-state index contributed by atoms with van der Waals surface area (Å²) in [7, 11) is 0. The van der Waals surface area contributed by atoms with E-state index in [2.05, 4.69) is 0 Å². The number of phenols is 1. The van der Waals surface area contributed by atoms with Crippen LogP contribution in [0.5, 0.6) is 5.75 Å². The summed E-state index contributed by atoms with van der Waals surface area (Å²) in [4.78, 5) is 24.1. The second-order valence-electron chi connectivity index (χ2n) is 5.74. The number of hydrogen-bond acceptors (Lipinski definition) is 4. The lowest BCUT2D eigenvalue weighted by Gasteiger charge is -2.16. The summed E-state index contributed by atoms with van der Waals surface area (Å²) in [5.74, 6) is -0.700. The van der Waals surface area contributed by atoms with Crippen LogP contribution in [0, 0.1) is 0 Å². The highest BCUT2D eigenvalue weighted by atomic mass is 16.5. The van der Waals surface area contributed by atoms with Crippen LogP contribution in [0.4, 0.5) is 0 Å². The van der Waals surface area contributed by atoms with E-state index in [9.17, 15) is 14.7 Å². The van der Waals surface area contributed by atoms with Gasteiger partial charge in [0.05, 0.1) is 5.56 Å². The van der Waals surface area contributed by atoms with E-state index in [0.717, 1.165) is 19.3 Å². The first-order valence-electron chi connectivity index (χ1n) is 7.74. The van der Waals surface area contributed by atoms with Crippen LogP contribution in [0.3, 0.4) is 0 Å². The molecule has 0 unspecified atom stereocenters. The molecule has 1 aliphatic rings. The molecule has 0 aromatic heterocycles. The molecule has 0 saturated heterocycles. The van der Waals surface area contributed by atoms with Gasteiger partial charge in [0.1, 0.15) is 5.75 Å². The van der Waals surface area contributed by atoms with Crippen molar-refractivity contribution in [3.8, 4) is 5.75 Å². The first-order chi connectivity index (χ1) is 11.1. The summed E-state index contributed by atoms with van der Waals surface area (Å²) in [6.45, 7) is -0.279. The minimum Gasteiger partial charge on any atom is -0.508 e. The fourth-order valence-corrected chi connectivity index (χ4v) is 2.80. The number of esters is 1. The lowest BCUT2D eigenvalue weighted by molar-refractivity contribution is 0.0474. The van der Waals surface area contributed by atoms with Crippen molar-refractivity contribution in [1.82, 2.24) is 0 Å². The third-order valence-corrected chi connectivity index (χ3v) is 4.11. The highest BCUT2D eigenvalue weighted by molar-refractivity contribution is 5.99. The van der Waals surface area contributed by atoms with Gasteiger partial charge in [-0.15, -0.1) is 0 Å². The SMILES string of the molecule is O=C(COC(=O)c1ccc(O)cc1)c1ccc2c(c1)CCCC2. The van der Waals surface area contributed by atoms with Gasteiger partial charge in [0.2, 0.25) is 0 Å². The van der Waals surface area contributed by atoms with Crippen LogP contribution in [-0.4, -0.2) is 23.5 Å². The molecule has 118 valence electrons. The maximum absolute atomic E-state index is 12.2. The Bertz CT molecular complexity index is 732. The van der Waals surface area contributed by atoms with Gasteiger partial charge in [-0.3, -0.25) is 4.79 Å². The second kappa shape index (κ2) is 6.65. The van der Waals surface area contributed by atoms with E-state index in [0.29, 0.717) is 11.1 Å². The third kappa shape index (κ3) is 3.59. The molecule has 3 rings (SSSR count). The van der Waals surface area contributed by atoms with E-state index < -0.39 is 5.97 Å². The topological polar surface area (TPSA) is 63.6 Å². The lowest BCUT2D eigenvalue weighted by Crippen LogP contribution is -2.15. The minimum atomic E-state index is -0.573. The number of fused-ring (bicyclic) bond motifs is 1. The number of aromatic hydroxyl groups is 1. The molecule has 4 heteroatoms. The standard InChI is InChI=1S/C19H18O4/c20-17-9-7-14(8-10-17)19(22)23-12-18(21)16-6-5-13-3-1-2-4-15(13)11-16/h5-11,20H,1-4,12H2. The Labute approximate surface area is 134 Å². The van der Waals surface area contributed by atoms with Crippen LogP contribution in [-0.2, 0) is 17.6 Å². The zero-order valence-corrected chi connectivity index (χ0v) is 12.7. The van der Waals surface area contributed by atoms with Crippen molar-refractivity contribution in [2.75, 3.05) is 6.61 Å². The Morgan fingerprint density at radius 3 is 2.30 bits per heavy atom. The summed E-state index contributed by atoms with van der Waals surface area (Å²) in [5.41, 5.74) is 3.44. The molecule has 0 radical (unpaired) electrons. The van der Waals surface area contributed by atoms with Crippen molar-refractivity contribution in [3.05, 3.63) is 64.7 Å². The molecule has 2 aromatic carbocycles. The fourth-order valence-electron chi connectivity index (χ4n) is 2.80. The van der Waals surface area contributed by atoms with Crippen molar-refractivity contribution in [3.63, 3.8) is 0 Å². The van der Waals surface area contributed by atoms with Gasteiger partial charge in [0, 0.05) is 5.56 Å². The Kier molecular flexibility index (Phi) is 4.42. The number of rotatable bonds is 4. The number of ether oxygens (including phenoxy) is 1. The van der Waals surface area contributed by atoms with E-state index >= 15 is 0 Å². The Balaban J connectivity index is 1.63. The van der Waals surface area contributed by atoms with Crippen LogP contribution in [0.1, 0.15) is 44.7 Å². The average Bonchev–Trinajstić information content (AvgIpc) is 2.59. The summed E-state index contributed by atoms with van der Waals surface area (Å²) < 4.78 is 5.06. The van der Waals surface area contributed by atoms with Crippen molar-refractivity contribution >= 4 is 11.8 Å². The zero-order chi connectivity index (χ0) is 16.2. The van der Waals surface area contributed by atoms with E-state index in [4.69, 9.17) is 4.74 Å². The van der Waals surface area contributed by atoms with Gasteiger partial charge in [-0.2, -0.15) is 0 Å². The largest absolute Gasteiger partial charge is 0.508 e. The Morgan fingerprint density at radius 1 is 0.913 bits per heavy atom. The molecule has 1 N–H and O–H groups in total. The predicted octanol–water partition coefficient (Wildman–Crippen LogP) is 3.31. The Hall–Kier alpha value is -2.62.